The van der Waals surface area contributed by atoms with Gasteiger partial charge in [0, 0.05) is 30.4 Å². The standard InChI is InChI=1S/C13H25N3/c1-6-13(7-2,8-3)14-9-12-10-15-16(5)11(12)4/h10,14H,6-9H2,1-5H3. The summed E-state index contributed by atoms with van der Waals surface area (Å²) >= 11 is 0. The van der Waals surface area contributed by atoms with Gasteiger partial charge in [-0.05, 0) is 26.2 Å². The van der Waals surface area contributed by atoms with Crippen LogP contribution in [0, 0.1) is 6.92 Å². The first-order valence-electron chi connectivity index (χ1n) is 6.31. The molecule has 1 aromatic heterocycles. The monoisotopic (exact) mass is 223 g/mol. The molecule has 3 nitrogen and oxygen atoms in total. The van der Waals surface area contributed by atoms with E-state index in [0.717, 1.165) is 6.54 Å². The van der Waals surface area contributed by atoms with E-state index >= 15 is 0 Å². The van der Waals surface area contributed by atoms with Crippen LogP contribution in [0.15, 0.2) is 6.20 Å². The average molecular weight is 223 g/mol. The van der Waals surface area contributed by atoms with Gasteiger partial charge in [0.15, 0.2) is 0 Å². The number of hydrogen-bond donors (Lipinski definition) is 1. The van der Waals surface area contributed by atoms with Crippen LogP contribution in [0.1, 0.15) is 51.3 Å². The predicted molar refractivity (Wildman–Crippen MR) is 68.4 cm³/mol. The van der Waals surface area contributed by atoms with E-state index in [0.29, 0.717) is 5.54 Å². The molecular weight excluding hydrogens is 198 g/mol. The maximum absolute atomic E-state index is 4.27. The molecule has 0 unspecified atom stereocenters. The van der Waals surface area contributed by atoms with Gasteiger partial charge in [-0.15, -0.1) is 0 Å². The van der Waals surface area contributed by atoms with Gasteiger partial charge in [0.2, 0.25) is 0 Å². The van der Waals surface area contributed by atoms with Crippen LogP contribution in [-0.2, 0) is 13.6 Å². The molecule has 0 bridgehead atoms. The Labute approximate surface area is 99.2 Å². The first-order valence-corrected chi connectivity index (χ1v) is 6.31. The van der Waals surface area contributed by atoms with Crippen molar-refractivity contribution in [2.45, 2.75) is 59.0 Å². The topological polar surface area (TPSA) is 29.9 Å². The zero-order chi connectivity index (χ0) is 12.2. The van der Waals surface area contributed by atoms with Crippen molar-refractivity contribution in [3.05, 3.63) is 17.5 Å². The number of aryl methyl sites for hydroxylation is 1. The highest BCUT2D eigenvalue weighted by Crippen LogP contribution is 2.20. The van der Waals surface area contributed by atoms with Crippen LogP contribution in [0.4, 0.5) is 0 Å². The van der Waals surface area contributed by atoms with Gasteiger partial charge in [-0.3, -0.25) is 4.68 Å². The van der Waals surface area contributed by atoms with E-state index in [1.54, 1.807) is 0 Å². The van der Waals surface area contributed by atoms with E-state index in [1.807, 2.05) is 17.9 Å². The highest BCUT2D eigenvalue weighted by Gasteiger charge is 2.23. The molecule has 1 N–H and O–H groups in total. The smallest absolute Gasteiger partial charge is 0.0537 e. The Morgan fingerprint density at radius 2 is 1.81 bits per heavy atom. The van der Waals surface area contributed by atoms with Crippen molar-refractivity contribution in [1.29, 1.82) is 0 Å². The first kappa shape index (κ1) is 13.2. The molecule has 0 aliphatic rings. The maximum atomic E-state index is 4.27. The van der Waals surface area contributed by atoms with Gasteiger partial charge in [0.25, 0.3) is 0 Å². The Hall–Kier alpha value is -0.830. The van der Waals surface area contributed by atoms with Crippen molar-refractivity contribution in [2.24, 2.45) is 7.05 Å². The summed E-state index contributed by atoms with van der Waals surface area (Å²) in [6.45, 7) is 9.83. The summed E-state index contributed by atoms with van der Waals surface area (Å²) in [5.41, 5.74) is 2.86. The van der Waals surface area contributed by atoms with Gasteiger partial charge in [-0.25, -0.2) is 0 Å². The van der Waals surface area contributed by atoms with Gasteiger partial charge in [0.05, 0.1) is 6.20 Å². The minimum Gasteiger partial charge on any atom is -0.307 e. The molecule has 0 aliphatic carbocycles. The Morgan fingerprint density at radius 1 is 1.25 bits per heavy atom. The van der Waals surface area contributed by atoms with E-state index in [4.69, 9.17) is 0 Å². The molecule has 0 amide bonds. The van der Waals surface area contributed by atoms with Crippen molar-refractivity contribution >= 4 is 0 Å². The summed E-state index contributed by atoms with van der Waals surface area (Å²) < 4.78 is 1.93. The van der Waals surface area contributed by atoms with E-state index in [2.05, 4.69) is 38.1 Å². The van der Waals surface area contributed by atoms with Crippen molar-refractivity contribution in [3.63, 3.8) is 0 Å². The molecule has 3 heteroatoms. The SMILES string of the molecule is CCC(CC)(CC)NCc1cnn(C)c1C. The van der Waals surface area contributed by atoms with Crippen molar-refractivity contribution in [1.82, 2.24) is 15.1 Å². The number of rotatable bonds is 6. The largest absolute Gasteiger partial charge is 0.307 e. The minimum atomic E-state index is 0.294. The third kappa shape index (κ3) is 2.64. The highest BCUT2D eigenvalue weighted by atomic mass is 15.3. The van der Waals surface area contributed by atoms with Gasteiger partial charge in [-0.1, -0.05) is 20.8 Å². The summed E-state index contributed by atoms with van der Waals surface area (Å²) in [6, 6.07) is 0. The van der Waals surface area contributed by atoms with E-state index < -0.39 is 0 Å². The summed E-state index contributed by atoms with van der Waals surface area (Å²) in [5, 5.41) is 7.97. The number of nitrogens with zero attached hydrogens (tertiary/aromatic N) is 2. The molecule has 92 valence electrons. The molecule has 1 heterocycles. The van der Waals surface area contributed by atoms with Crippen LogP contribution < -0.4 is 5.32 Å². The van der Waals surface area contributed by atoms with Crippen LogP contribution in [0.3, 0.4) is 0 Å². The summed E-state index contributed by atoms with van der Waals surface area (Å²) in [5.74, 6) is 0. The van der Waals surface area contributed by atoms with Gasteiger partial charge < -0.3 is 5.32 Å². The predicted octanol–water partition coefficient (Wildman–Crippen LogP) is 2.79. The molecular formula is C13H25N3. The molecule has 1 aromatic rings. The summed E-state index contributed by atoms with van der Waals surface area (Å²) in [4.78, 5) is 0. The quantitative estimate of drug-likeness (QED) is 0.803. The van der Waals surface area contributed by atoms with Crippen molar-refractivity contribution in [3.8, 4) is 0 Å². The zero-order valence-electron chi connectivity index (χ0n) is 11.3. The lowest BCUT2D eigenvalue weighted by atomic mass is 9.89. The molecule has 16 heavy (non-hydrogen) atoms. The molecule has 0 saturated carbocycles. The van der Waals surface area contributed by atoms with E-state index in [1.165, 1.54) is 30.5 Å². The van der Waals surface area contributed by atoms with Crippen LogP contribution >= 0.6 is 0 Å². The normalized spacial score (nSPS) is 12.1. The van der Waals surface area contributed by atoms with Gasteiger partial charge in [0.1, 0.15) is 0 Å². The average Bonchev–Trinajstić information content (AvgIpc) is 2.63. The lowest BCUT2D eigenvalue weighted by Crippen LogP contribution is -2.43. The second-order valence-corrected chi connectivity index (χ2v) is 4.57. The Kier molecular flexibility index (Phi) is 4.54. The van der Waals surface area contributed by atoms with Crippen LogP contribution in [0.5, 0.6) is 0 Å². The lowest BCUT2D eigenvalue weighted by Gasteiger charge is -2.32. The Morgan fingerprint density at radius 3 is 2.19 bits per heavy atom. The molecule has 0 aliphatic heterocycles. The Bertz CT molecular complexity index is 316. The molecule has 0 atom stereocenters. The van der Waals surface area contributed by atoms with Gasteiger partial charge >= 0.3 is 0 Å². The minimum absolute atomic E-state index is 0.294. The summed E-state index contributed by atoms with van der Waals surface area (Å²) in [7, 11) is 1.99. The fourth-order valence-corrected chi connectivity index (χ4v) is 2.13. The fraction of sp³-hybridized carbons (Fsp3) is 0.769. The van der Waals surface area contributed by atoms with Crippen LogP contribution in [0.2, 0.25) is 0 Å². The Balaban J connectivity index is 2.66. The second kappa shape index (κ2) is 5.48. The molecule has 1 rings (SSSR count). The molecule has 0 fully saturated rings. The number of nitrogens with one attached hydrogen (secondary N) is 1. The lowest BCUT2D eigenvalue weighted by molar-refractivity contribution is 0.288. The molecule has 0 saturated heterocycles. The van der Waals surface area contributed by atoms with E-state index in [-0.39, 0.29) is 0 Å². The zero-order valence-corrected chi connectivity index (χ0v) is 11.3. The molecule has 0 radical (unpaired) electrons. The fourth-order valence-electron chi connectivity index (χ4n) is 2.13. The first-order chi connectivity index (χ1) is 7.58. The third-order valence-corrected chi connectivity index (χ3v) is 4.02. The highest BCUT2D eigenvalue weighted by molar-refractivity contribution is 5.15. The maximum Gasteiger partial charge on any atom is 0.0537 e. The third-order valence-electron chi connectivity index (χ3n) is 4.02. The molecule has 0 aromatic carbocycles. The summed E-state index contributed by atoms with van der Waals surface area (Å²) in [6.07, 6.45) is 5.51. The second-order valence-electron chi connectivity index (χ2n) is 4.57. The molecule has 0 spiro atoms. The number of aromatic nitrogens is 2. The van der Waals surface area contributed by atoms with Crippen molar-refractivity contribution < 1.29 is 0 Å². The number of hydrogen-bond acceptors (Lipinski definition) is 2. The van der Waals surface area contributed by atoms with Crippen molar-refractivity contribution in [2.75, 3.05) is 0 Å². The van der Waals surface area contributed by atoms with Gasteiger partial charge in [-0.2, -0.15) is 5.10 Å². The van der Waals surface area contributed by atoms with E-state index in [9.17, 15) is 0 Å². The van der Waals surface area contributed by atoms with Crippen LogP contribution in [0.25, 0.3) is 0 Å². The van der Waals surface area contributed by atoms with Crippen LogP contribution in [-0.4, -0.2) is 15.3 Å².